The molecule has 0 amide bonds. The van der Waals surface area contributed by atoms with Crippen molar-refractivity contribution in [1.29, 1.82) is 0 Å². The highest BCUT2D eigenvalue weighted by Crippen LogP contribution is 2.38. The first-order valence-corrected chi connectivity index (χ1v) is 20.1. The molecule has 3 nitrogen and oxygen atoms in total. The Morgan fingerprint density at radius 2 is 1.02 bits per heavy atom. The topological polar surface area (TPSA) is 43.3 Å². The van der Waals surface area contributed by atoms with E-state index in [1.54, 1.807) is 0 Å². The number of fused-ring (bicyclic) bond motifs is 4. The van der Waals surface area contributed by atoms with Crippen LogP contribution in [0, 0.1) is 0 Å². The summed E-state index contributed by atoms with van der Waals surface area (Å²) in [5, 5.41) is 4.79. The first-order chi connectivity index (χ1) is 29.2. The number of allylic oxidation sites excluding steroid dienone is 1. The zero-order valence-electron chi connectivity index (χ0n) is 32.5. The van der Waals surface area contributed by atoms with E-state index in [9.17, 15) is 0 Å². The summed E-state index contributed by atoms with van der Waals surface area (Å²) in [5.74, 6) is 0.487. The van der Waals surface area contributed by atoms with Gasteiger partial charge in [-0.05, 0) is 86.5 Å². The molecule has 0 aliphatic rings. The van der Waals surface area contributed by atoms with Crippen molar-refractivity contribution in [2.45, 2.75) is 6.42 Å². The average Bonchev–Trinajstić information content (AvgIpc) is 3.65. The molecule has 1 aromatic heterocycles. The minimum Gasteiger partial charge on any atom is -0.383 e. The van der Waals surface area contributed by atoms with Gasteiger partial charge in [0.1, 0.15) is 5.84 Å². The lowest BCUT2D eigenvalue weighted by Crippen LogP contribution is -2.13. The molecule has 3 heteroatoms. The van der Waals surface area contributed by atoms with Gasteiger partial charge in [-0.3, -0.25) is 0 Å². The maximum absolute atomic E-state index is 6.72. The SMILES string of the molecule is N/C(=N\C(=C/Cc1cccc(-c2ccccc2)c1)c1ccc(-c2ccc(-c3ccc4c(c3)c3ccccc3n4-c3ccccc3)cc2)c2ccccc12)c1ccccc1. The minimum atomic E-state index is 0.487. The Hall–Kier alpha value is -7.75. The molecule has 10 rings (SSSR count). The summed E-state index contributed by atoms with van der Waals surface area (Å²) in [5.41, 5.74) is 21.4. The molecular weight excluding hydrogens is 715 g/mol. The monoisotopic (exact) mass is 755 g/mol. The number of hydrogen-bond acceptors (Lipinski definition) is 1. The van der Waals surface area contributed by atoms with Gasteiger partial charge >= 0.3 is 0 Å². The number of nitrogens with two attached hydrogens (primary N) is 1. The Kier molecular flexibility index (Phi) is 9.46. The molecule has 59 heavy (non-hydrogen) atoms. The predicted octanol–water partition coefficient (Wildman–Crippen LogP) is 13.9. The fourth-order valence-electron chi connectivity index (χ4n) is 8.37. The van der Waals surface area contributed by atoms with Crippen LogP contribution in [0.5, 0.6) is 0 Å². The summed E-state index contributed by atoms with van der Waals surface area (Å²) in [4.78, 5) is 5.12. The van der Waals surface area contributed by atoms with Crippen LogP contribution in [0.3, 0.4) is 0 Å². The minimum absolute atomic E-state index is 0.487. The summed E-state index contributed by atoms with van der Waals surface area (Å²) in [6.45, 7) is 0. The standard InChI is InChI=1S/C56H41N3/c57-56(43-18-6-2-7-19-43)58-53(35-27-39-15-14-20-44(37-39)40-16-4-1-5-17-40)50-34-33-47(48-23-10-11-24-49(48)50)42-30-28-41(29-31-42)45-32-36-55-52(38-45)51-25-12-13-26-54(51)59(55)46-21-8-3-9-22-46/h1-26,28-38H,27H2,(H2,57,58)/b53-35-. The third kappa shape index (κ3) is 7.00. The van der Waals surface area contributed by atoms with Gasteiger partial charge in [-0.25, -0.2) is 4.99 Å². The van der Waals surface area contributed by atoms with Crippen molar-refractivity contribution in [3.05, 3.63) is 241 Å². The molecule has 9 aromatic carbocycles. The zero-order chi connectivity index (χ0) is 39.5. The number of aromatic nitrogens is 1. The Morgan fingerprint density at radius 3 is 1.80 bits per heavy atom. The third-order valence-corrected chi connectivity index (χ3v) is 11.3. The van der Waals surface area contributed by atoms with Gasteiger partial charge in [-0.15, -0.1) is 0 Å². The highest BCUT2D eigenvalue weighted by atomic mass is 15.0. The second-order valence-corrected chi connectivity index (χ2v) is 14.9. The molecule has 0 aliphatic carbocycles. The van der Waals surface area contributed by atoms with Gasteiger partial charge in [0.15, 0.2) is 0 Å². The van der Waals surface area contributed by atoms with Gasteiger partial charge < -0.3 is 10.3 Å². The second kappa shape index (κ2) is 15.7. The molecule has 0 fully saturated rings. The number of amidine groups is 1. The molecule has 0 spiro atoms. The largest absolute Gasteiger partial charge is 0.383 e. The number of nitrogens with zero attached hydrogens (tertiary/aromatic N) is 2. The highest BCUT2D eigenvalue weighted by molar-refractivity contribution is 6.11. The average molecular weight is 756 g/mol. The van der Waals surface area contributed by atoms with E-state index in [0.717, 1.165) is 33.5 Å². The van der Waals surface area contributed by atoms with Crippen molar-refractivity contribution < 1.29 is 0 Å². The van der Waals surface area contributed by atoms with E-state index in [0.29, 0.717) is 12.3 Å². The summed E-state index contributed by atoms with van der Waals surface area (Å²) in [7, 11) is 0. The van der Waals surface area contributed by atoms with Gasteiger partial charge in [0.2, 0.25) is 0 Å². The van der Waals surface area contributed by atoms with Crippen LogP contribution < -0.4 is 5.73 Å². The van der Waals surface area contributed by atoms with E-state index in [1.165, 1.54) is 60.6 Å². The Balaban J connectivity index is 1.02. The molecule has 10 aromatic rings. The van der Waals surface area contributed by atoms with Crippen LogP contribution in [-0.4, -0.2) is 10.4 Å². The third-order valence-electron chi connectivity index (χ3n) is 11.3. The Morgan fingerprint density at radius 1 is 0.441 bits per heavy atom. The molecule has 0 unspecified atom stereocenters. The fraction of sp³-hybridized carbons (Fsp3) is 0.0179. The van der Waals surface area contributed by atoms with Crippen LogP contribution >= 0.6 is 0 Å². The summed E-state index contributed by atoms with van der Waals surface area (Å²) in [6, 6.07) is 77.4. The lowest BCUT2D eigenvalue weighted by atomic mass is 9.92. The first kappa shape index (κ1) is 35.6. The van der Waals surface area contributed by atoms with Gasteiger partial charge in [0.25, 0.3) is 0 Å². The van der Waals surface area contributed by atoms with Gasteiger partial charge in [0.05, 0.1) is 16.7 Å². The zero-order valence-corrected chi connectivity index (χ0v) is 32.5. The fourth-order valence-corrected chi connectivity index (χ4v) is 8.37. The second-order valence-electron chi connectivity index (χ2n) is 14.9. The lowest BCUT2D eigenvalue weighted by Gasteiger charge is -2.14. The molecular formula is C56H41N3. The predicted molar refractivity (Wildman–Crippen MR) is 250 cm³/mol. The highest BCUT2D eigenvalue weighted by Gasteiger charge is 2.15. The van der Waals surface area contributed by atoms with E-state index < -0.39 is 0 Å². The molecule has 2 N–H and O–H groups in total. The van der Waals surface area contributed by atoms with E-state index in [1.807, 2.05) is 30.3 Å². The summed E-state index contributed by atoms with van der Waals surface area (Å²) in [6.07, 6.45) is 2.92. The first-order valence-electron chi connectivity index (χ1n) is 20.1. The van der Waals surface area contributed by atoms with Gasteiger partial charge in [-0.1, -0.05) is 194 Å². The molecule has 0 aliphatic heterocycles. The molecule has 0 atom stereocenters. The number of para-hydroxylation sites is 2. The van der Waals surface area contributed by atoms with Crippen molar-refractivity contribution >= 4 is 44.1 Å². The Bertz CT molecular complexity index is 3160. The lowest BCUT2D eigenvalue weighted by molar-refractivity contribution is 1.18. The molecule has 0 saturated heterocycles. The smallest absolute Gasteiger partial charge is 0.131 e. The van der Waals surface area contributed by atoms with Crippen LogP contribution in [0.25, 0.3) is 77.3 Å². The maximum atomic E-state index is 6.72. The molecule has 1 heterocycles. The number of rotatable bonds is 9. The molecule has 0 bridgehead atoms. The number of aliphatic imine (C=N–C) groups is 1. The summed E-state index contributed by atoms with van der Waals surface area (Å²) < 4.78 is 2.36. The van der Waals surface area contributed by atoms with Crippen molar-refractivity contribution in [3.63, 3.8) is 0 Å². The maximum Gasteiger partial charge on any atom is 0.131 e. The van der Waals surface area contributed by atoms with E-state index in [-0.39, 0.29) is 0 Å². The van der Waals surface area contributed by atoms with Crippen molar-refractivity contribution in [2.24, 2.45) is 10.7 Å². The van der Waals surface area contributed by atoms with Gasteiger partial charge in [-0.2, -0.15) is 0 Å². The summed E-state index contributed by atoms with van der Waals surface area (Å²) >= 11 is 0. The van der Waals surface area contributed by atoms with Crippen molar-refractivity contribution in [2.75, 3.05) is 0 Å². The number of hydrogen-bond donors (Lipinski definition) is 1. The van der Waals surface area contributed by atoms with E-state index in [4.69, 9.17) is 10.7 Å². The van der Waals surface area contributed by atoms with Gasteiger partial charge in [0, 0.05) is 27.6 Å². The normalized spacial score (nSPS) is 12.1. The molecule has 0 saturated carbocycles. The molecule has 0 radical (unpaired) electrons. The molecule has 280 valence electrons. The van der Waals surface area contributed by atoms with Crippen molar-refractivity contribution in [3.8, 4) is 39.1 Å². The van der Waals surface area contributed by atoms with Crippen LogP contribution in [-0.2, 0) is 6.42 Å². The Labute approximate surface area is 344 Å². The van der Waals surface area contributed by atoms with Crippen molar-refractivity contribution in [1.82, 2.24) is 4.57 Å². The van der Waals surface area contributed by atoms with Crippen LogP contribution in [0.15, 0.2) is 229 Å². The number of benzene rings is 9. The van der Waals surface area contributed by atoms with Crippen LogP contribution in [0.1, 0.15) is 16.7 Å². The van der Waals surface area contributed by atoms with Crippen LogP contribution in [0.4, 0.5) is 0 Å². The van der Waals surface area contributed by atoms with E-state index in [2.05, 4.69) is 199 Å². The van der Waals surface area contributed by atoms with E-state index >= 15 is 0 Å². The van der Waals surface area contributed by atoms with Crippen LogP contribution in [0.2, 0.25) is 0 Å². The quantitative estimate of drug-likeness (QED) is 0.116.